The maximum absolute atomic E-state index is 8.78. The zero-order valence-corrected chi connectivity index (χ0v) is 20.3. The van der Waals surface area contributed by atoms with Crippen molar-refractivity contribution in [2.75, 3.05) is 6.54 Å². The highest BCUT2D eigenvalue weighted by Crippen LogP contribution is 2.24. The maximum Gasteiger partial charge on any atom is 0.0398 e. The summed E-state index contributed by atoms with van der Waals surface area (Å²) in [4.78, 5) is 4.16. The zero-order valence-electron chi connectivity index (χ0n) is 20.3. The average Bonchev–Trinajstić information content (AvgIpc) is 2.82. The average molecular weight is 437 g/mol. The van der Waals surface area contributed by atoms with Crippen LogP contribution in [0.5, 0.6) is 0 Å². The van der Waals surface area contributed by atoms with Crippen LogP contribution in [0.1, 0.15) is 62.8 Å². The third-order valence-corrected chi connectivity index (χ3v) is 4.63. The van der Waals surface area contributed by atoms with Gasteiger partial charge in [-0.1, -0.05) is 44.7 Å². The van der Waals surface area contributed by atoms with Gasteiger partial charge in [0.2, 0.25) is 0 Å². The second kappa shape index (κ2) is 17.6. The van der Waals surface area contributed by atoms with Crippen LogP contribution in [0.2, 0.25) is 0 Å². The number of hydrogen-bond donors (Lipinski definition) is 4. The molecule has 0 atom stereocenters. The molecule has 2 aromatic rings. The molecule has 5 heteroatoms. The Bertz CT molecular complexity index is 857. The SMILES string of the molecule is C=CC/C(NC(=C)c1cccnc1)=C(/C)c1ccc(C)c(CCCNO)c1.CC.CC=N. The van der Waals surface area contributed by atoms with Crippen LogP contribution in [0.15, 0.2) is 67.7 Å². The van der Waals surface area contributed by atoms with Crippen LogP contribution in [-0.2, 0) is 6.42 Å². The number of hydrogen-bond acceptors (Lipinski definition) is 5. The molecular weight excluding hydrogens is 396 g/mol. The van der Waals surface area contributed by atoms with Gasteiger partial charge in [0.1, 0.15) is 0 Å². The van der Waals surface area contributed by atoms with Crippen LogP contribution in [-0.4, -0.2) is 23.0 Å². The fourth-order valence-electron chi connectivity index (χ4n) is 2.94. The summed E-state index contributed by atoms with van der Waals surface area (Å²) >= 11 is 0. The normalized spacial score (nSPS) is 10.4. The summed E-state index contributed by atoms with van der Waals surface area (Å²) in [6, 6.07) is 10.4. The van der Waals surface area contributed by atoms with Crippen molar-refractivity contribution in [3.05, 3.63) is 89.9 Å². The molecule has 0 saturated carbocycles. The number of rotatable bonds is 10. The van der Waals surface area contributed by atoms with E-state index in [-0.39, 0.29) is 0 Å². The lowest BCUT2D eigenvalue weighted by atomic mass is 9.96. The molecule has 32 heavy (non-hydrogen) atoms. The topological polar surface area (TPSA) is 81.0 Å². The second-order valence-electron chi connectivity index (χ2n) is 6.88. The van der Waals surface area contributed by atoms with Gasteiger partial charge in [0.15, 0.2) is 0 Å². The van der Waals surface area contributed by atoms with Gasteiger partial charge in [0, 0.05) is 42.3 Å². The van der Waals surface area contributed by atoms with Crippen molar-refractivity contribution < 1.29 is 5.21 Å². The number of pyridine rings is 1. The number of nitrogens with zero attached hydrogens (tertiary/aromatic N) is 1. The zero-order chi connectivity index (χ0) is 24.4. The van der Waals surface area contributed by atoms with Gasteiger partial charge in [-0.15, -0.1) is 6.58 Å². The molecule has 0 saturated heterocycles. The van der Waals surface area contributed by atoms with Crippen molar-refractivity contribution in [1.82, 2.24) is 15.8 Å². The molecular formula is C27H40N4O. The maximum atomic E-state index is 8.78. The Morgan fingerprint density at radius 1 is 1.22 bits per heavy atom. The largest absolute Gasteiger partial charge is 0.358 e. The van der Waals surface area contributed by atoms with Gasteiger partial charge in [0.05, 0.1) is 0 Å². The van der Waals surface area contributed by atoms with Crippen LogP contribution < -0.4 is 10.8 Å². The molecule has 5 nitrogen and oxygen atoms in total. The first-order valence-electron chi connectivity index (χ1n) is 11.1. The first-order chi connectivity index (χ1) is 15.5. The molecule has 0 radical (unpaired) electrons. The van der Waals surface area contributed by atoms with Gasteiger partial charge in [0.25, 0.3) is 0 Å². The minimum atomic E-state index is 0.590. The summed E-state index contributed by atoms with van der Waals surface area (Å²) in [7, 11) is 0. The first kappa shape index (κ1) is 29.0. The van der Waals surface area contributed by atoms with Gasteiger partial charge in [-0.05, 0) is 74.2 Å². The third kappa shape index (κ3) is 10.3. The van der Waals surface area contributed by atoms with E-state index in [9.17, 15) is 0 Å². The van der Waals surface area contributed by atoms with Gasteiger partial charge in [-0.25, -0.2) is 5.48 Å². The van der Waals surface area contributed by atoms with E-state index in [1.165, 1.54) is 28.5 Å². The number of allylic oxidation sites excluding steroid dienone is 2. The Morgan fingerprint density at radius 2 is 1.91 bits per heavy atom. The molecule has 0 unspecified atom stereocenters. The Morgan fingerprint density at radius 3 is 2.47 bits per heavy atom. The summed E-state index contributed by atoms with van der Waals surface area (Å²) in [6.07, 6.45) is 9.23. The molecule has 0 aliphatic rings. The molecule has 1 aromatic heterocycles. The Kier molecular flexibility index (Phi) is 16.0. The molecule has 0 fully saturated rings. The summed E-state index contributed by atoms with van der Waals surface area (Å²) in [5.41, 5.74) is 9.99. The summed E-state index contributed by atoms with van der Waals surface area (Å²) < 4.78 is 0. The van der Waals surface area contributed by atoms with Crippen molar-refractivity contribution in [2.45, 2.75) is 53.9 Å². The molecule has 0 amide bonds. The molecule has 1 aromatic carbocycles. The van der Waals surface area contributed by atoms with Crippen molar-refractivity contribution in [3.8, 4) is 0 Å². The molecule has 0 bridgehead atoms. The molecule has 1 heterocycles. The van der Waals surface area contributed by atoms with E-state index in [1.54, 1.807) is 19.3 Å². The van der Waals surface area contributed by atoms with Gasteiger partial charge >= 0.3 is 0 Å². The van der Waals surface area contributed by atoms with Crippen LogP contribution in [0.25, 0.3) is 11.3 Å². The van der Waals surface area contributed by atoms with Crippen LogP contribution in [0.3, 0.4) is 0 Å². The van der Waals surface area contributed by atoms with E-state index >= 15 is 0 Å². The van der Waals surface area contributed by atoms with Crippen molar-refractivity contribution >= 4 is 17.5 Å². The van der Waals surface area contributed by atoms with E-state index in [4.69, 9.17) is 10.6 Å². The Balaban J connectivity index is 0.00000177. The summed E-state index contributed by atoms with van der Waals surface area (Å²) in [5, 5.41) is 18.3. The highest BCUT2D eigenvalue weighted by Gasteiger charge is 2.09. The number of aryl methyl sites for hydroxylation is 2. The molecule has 0 spiro atoms. The monoisotopic (exact) mass is 436 g/mol. The van der Waals surface area contributed by atoms with Crippen molar-refractivity contribution in [3.63, 3.8) is 0 Å². The highest BCUT2D eigenvalue weighted by atomic mass is 16.5. The fraction of sp³-hybridized carbons (Fsp3) is 0.333. The van der Waals surface area contributed by atoms with Crippen LogP contribution in [0.4, 0.5) is 0 Å². The lowest BCUT2D eigenvalue weighted by molar-refractivity contribution is 0.165. The lowest BCUT2D eigenvalue weighted by Crippen LogP contribution is -2.13. The number of nitrogens with one attached hydrogen (secondary N) is 3. The molecule has 4 N–H and O–H groups in total. The van der Waals surface area contributed by atoms with E-state index < -0.39 is 0 Å². The van der Waals surface area contributed by atoms with Gasteiger partial charge < -0.3 is 15.9 Å². The number of aromatic nitrogens is 1. The smallest absolute Gasteiger partial charge is 0.0398 e. The van der Waals surface area contributed by atoms with E-state index in [2.05, 4.69) is 61.0 Å². The predicted octanol–water partition coefficient (Wildman–Crippen LogP) is 6.55. The summed E-state index contributed by atoms with van der Waals surface area (Å²) in [5.74, 6) is 0. The van der Waals surface area contributed by atoms with E-state index in [0.29, 0.717) is 6.54 Å². The van der Waals surface area contributed by atoms with Gasteiger partial charge in [-0.3, -0.25) is 4.98 Å². The van der Waals surface area contributed by atoms with Crippen molar-refractivity contribution in [2.24, 2.45) is 0 Å². The Hall–Kier alpha value is -3.02. The lowest BCUT2D eigenvalue weighted by Gasteiger charge is -2.17. The quantitative estimate of drug-likeness (QED) is 0.147. The van der Waals surface area contributed by atoms with E-state index in [1.807, 2.05) is 32.1 Å². The number of benzene rings is 1. The molecule has 2 rings (SSSR count). The molecule has 0 aliphatic carbocycles. The minimum Gasteiger partial charge on any atom is -0.358 e. The fourth-order valence-corrected chi connectivity index (χ4v) is 2.94. The highest BCUT2D eigenvalue weighted by molar-refractivity contribution is 5.72. The number of hydroxylamine groups is 1. The van der Waals surface area contributed by atoms with Crippen LogP contribution in [0, 0.1) is 12.3 Å². The van der Waals surface area contributed by atoms with Gasteiger partial charge in [-0.2, -0.15) is 0 Å². The first-order valence-corrected chi connectivity index (χ1v) is 11.1. The third-order valence-electron chi connectivity index (χ3n) is 4.63. The predicted molar refractivity (Wildman–Crippen MR) is 139 cm³/mol. The van der Waals surface area contributed by atoms with Crippen molar-refractivity contribution in [1.29, 1.82) is 5.41 Å². The Labute approximate surface area is 194 Å². The van der Waals surface area contributed by atoms with E-state index in [0.717, 1.165) is 36.2 Å². The second-order valence-corrected chi connectivity index (χ2v) is 6.88. The van der Waals surface area contributed by atoms with Crippen LogP contribution >= 0.6 is 0 Å². The summed E-state index contributed by atoms with van der Waals surface area (Å²) in [6.45, 7) is 18.5. The standard InChI is InChI=1S/C23H29N3O.C2H5N.C2H6/c1-5-8-23(26-19(4)22-10-6-13-24-16-22)18(3)21-12-11-17(2)20(15-21)9-7-14-25-27;1-2-3;1-2/h5-6,10-13,15-16,25-27H,1,4,7-9,14H2,2-3H3;2-3H,1H3;1-2H3/b23-18+;;. The molecule has 0 aliphatic heterocycles. The minimum absolute atomic E-state index is 0.590. The molecule has 174 valence electrons.